The molecule has 0 saturated carbocycles. The molecular formula is C12H12O8. The van der Waals surface area contributed by atoms with E-state index >= 15 is 0 Å². The number of ether oxygens (including phenoxy) is 2. The molecule has 8 heteroatoms. The van der Waals surface area contributed by atoms with Gasteiger partial charge in [-0.2, -0.15) is 0 Å². The van der Waals surface area contributed by atoms with Gasteiger partial charge in [0.05, 0.1) is 0 Å². The van der Waals surface area contributed by atoms with Crippen LogP contribution in [0.1, 0.15) is 26.7 Å². The zero-order chi connectivity index (χ0) is 15.7. The van der Waals surface area contributed by atoms with Crippen molar-refractivity contribution in [2.24, 2.45) is 0 Å². The van der Waals surface area contributed by atoms with Crippen molar-refractivity contribution in [2.45, 2.75) is 26.7 Å². The van der Waals surface area contributed by atoms with Crippen molar-refractivity contribution < 1.29 is 38.2 Å². The Morgan fingerprint density at radius 2 is 1.00 bits per heavy atom. The first-order valence-electron chi connectivity index (χ1n) is 5.37. The monoisotopic (exact) mass is 284 g/mol. The van der Waals surface area contributed by atoms with Gasteiger partial charge in [-0.25, -0.2) is 9.59 Å². The quantitative estimate of drug-likeness (QED) is 0.368. The topological polar surface area (TPSA) is 121 Å². The summed E-state index contributed by atoms with van der Waals surface area (Å²) in [6.07, 6.45) is -0.0227. The van der Waals surface area contributed by atoms with E-state index in [1.807, 2.05) is 0 Å². The van der Waals surface area contributed by atoms with Crippen LogP contribution in [0, 0.1) is 0 Å². The minimum Gasteiger partial charge on any atom is -0.390 e. The summed E-state index contributed by atoms with van der Waals surface area (Å²) in [6, 6.07) is 0. The maximum atomic E-state index is 11.0. The van der Waals surface area contributed by atoms with Gasteiger partial charge < -0.3 is 9.47 Å². The van der Waals surface area contributed by atoms with Gasteiger partial charge in [-0.05, 0) is 13.8 Å². The Bertz CT molecular complexity index is 442. The van der Waals surface area contributed by atoms with Crippen LogP contribution in [0.15, 0.2) is 12.2 Å². The van der Waals surface area contributed by atoms with Crippen LogP contribution in [-0.4, -0.2) is 35.4 Å². The standard InChI is InChI=1S/C12H12O8/c1-7(13)5-11(17)19-9(15)3-4-10(16)20-12(18)6-8(2)14/h3-4H,5-6H2,1-2H3. The first kappa shape index (κ1) is 17.4. The molecule has 0 rings (SSSR count). The summed E-state index contributed by atoms with van der Waals surface area (Å²) in [7, 11) is 0. The zero-order valence-electron chi connectivity index (χ0n) is 10.8. The molecule has 0 fully saturated rings. The van der Waals surface area contributed by atoms with Crippen molar-refractivity contribution in [3.63, 3.8) is 0 Å². The molecule has 0 aliphatic carbocycles. The molecular weight excluding hydrogens is 272 g/mol. The molecule has 0 aromatic rings. The fraction of sp³-hybridized carbons (Fsp3) is 0.333. The first-order valence-corrected chi connectivity index (χ1v) is 5.37. The number of Topliss-reactive ketones (excluding diaryl/α,β-unsaturated/α-hetero) is 2. The molecule has 20 heavy (non-hydrogen) atoms. The van der Waals surface area contributed by atoms with Gasteiger partial charge in [-0.3, -0.25) is 19.2 Å². The maximum Gasteiger partial charge on any atom is 0.338 e. The molecule has 0 aliphatic heterocycles. The van der Waals surface area contributed by atoms with Gasteiger partial charge in [0.25, 0.3) is 0 Å². The highest BCUT2D eigenvalue weighted by Crippen LogP contribution is 1.93. The average molecular weight is 284 g/mol. The van der Waals surface area contributed by atoms with Gasteiger partial charge in [0.2, 0.25) is 0 Å². The highest BCUT2D eigenvalue weighted by atomic mass is 16.6. The third-order valence-corrected chi connectivity index (χ3v) is 1.57. The number of esters is 4. The number of hydrogen-bond donors (Lipinski definition) is 0. The van der Waals surface area contributed by atoms with Crippen LogP contribution in [0.3, 0.4) is 0 Å². The van der Waals surface area contributed by atoms with Crippen molar-refractivity contribution in [3.8, 4) is 0 Å². The molecule has 0 unspecified atom stereocenters. The van der Waals surface area contributed by atoms with E-state index in [9.17, 15) is 28.8 Å². The van der Waals surface area contributed by atoms with E-state index in [1.165, 1.54) is 0 Å². The third kappa shape index (κ3) is 9.40. The van der Waals surface area contributed by atoms with Crippen LogP contribution >= 0.6 is 0 Å². The van der Waals surface area contributed by atoms with Crippen molar-refractivity contribution in [1.82, 2.24) is 0 Å². The Kier molecular flexibility index (Phi) is 7.34. The zero-order valence-corrected chi connectivity index (χ0v) is 10.8. The molecule has 0 aliphatic rings. The third-order valence-electron chi connectivity index (χ3n) is 1.57. The Labute approximate surface area is 113 Å². The number of hydrogen-bond acceptors (Lipinski definition) is 8. The summed E-state index contributed by atoms with van der Waals surface area (Å²) < 4.78 is 8.30. The average Bonchev–Trinajstić information content (AvgIpc) is 2.23. The molecule has 0 atom stereocenters. The second-order valence-electron chi connectivity index (χ2n) is 3.68. The van der Waals surface area contributed by atoms with Crippen LogP contribution in [-0.2, 0) is 38.2 Å². The van der Waals surface area contributed by atoms with E-state index in [0.717, 1.165) is 13.8 Å². The Morgan fingerprint density at radius 3 is 1.25 bits per heavy atom. The summed E-state index contributed by atoms with van der Waals surface area (Å²) in [5, 5.41) is 0. The molecule has 0 N–H and O–H groups in total. The molecule has 0 amide bonds. The molecule has 0 radical (unpaired) electrons. The lowest BCUT2D eigenvalue weighted by atomic mass is 10.3. The van der Waals surface area contributed by atoms with Gasteiger partial charge in [-0.1, -0.05) is 0 Å². The molecule has 0 spiro atoms. The van der Waals surface area contributed by atoms with Gasteiger partial charge in [0.15, 0.2) is 0 Å². The van der Waals surface area contributed by atoms with Crippen LogP contribution in [0.2, 0.25) is 0 Å². The molecule has 0 heterocycles. The van der Waals surface area contributed by atoms with Crippen LogP contribution in [0.25, 0.3) is 0 Å². The predicted octanol–water partition coefficient (Wildman–Crippen LogP) is -0.360. The minimum absolute atomic E-state index is 0.485. The number of carbonyl (C=O) groups excluding carboxylic acids is 6. The van der Waals surface area contributed by atoms with Crippen LogP contribution in [0.4, 0.5) is 0 Å². The fourth-order valence-corrected chi connectivity index (χ4v) is 0.907. The highest BCUT2D eigenvalue weighted by molar-refractivity contribution is 6.04. The smallest absolute Gasteiger partial charge is 0.338 e. The van der Waals surface area contributed by atoms with E-state index in [2.05, 4.69) is 9.47 Å². The molecule has 0 saturated heterocycles. The lowest BCUT2D eigenvalue weighted by molar-refractivity contribution is -0.159. The summed E-state index contributed by atoms with van der Waals surface area (Å²) in [6.45, 7) is 2.28. The number of ketones is 2. The summed E-state index contributed by atoms with van der Waals surface area (Å²) >= 11 is 0. The summed E-state index contributed by atoms with van der Waals surface area (Å²) in [4.78, 5) is 64.9. The summed E-state index contributed by atoms with van der Waals surface area (Å²) in [5.41, 5.74) is 0. The normalized spacial score (nSPS) is 9.90. The Balaban J connectivity index is 4.21. The lowest BCUT2D eigenvalue weighted by Gasteiger charge is -1.98. The molecule has 108 valence electrons. The first-order chi connectivity index (χ1) is 9.20. The predicted molar refractivity (Wildman–Crippen MR) is 61.9 cm³/mol. The van der Waals surface area contributed by atoms with E-state index in [0.29, 0.717) is 12.2 Å². The van der Waals surface area contributed by atoms with Gasteiger partial charge in [-0.15, -0.1) is 0 Å². The highest BCUT2D eigenvalue weighted by Gasteiger charge is 2.12. The van der Waals surface area contributed by atoms with E-state index in [-0.39, 0.29) is 0 Å². The summed E-state index contributed by atoms with van der Waals surface area (Å²) in [5.74, 6) is -5.47. The molecule has 0 aromatic heterocycles. The van der Waals surface area contributed by atoms with Crippen molar-refractivity contribution in [2.75, 3.05) is 0 Å². The maximum absolute atomic E-state index is 11.0. The minimum atomic E-state index is -1.19. The molecule has 8 nitrogen and oxygen atoms in total. The number of carbonyl (C=O) groups is 6. The van der Waals surface area contributed by atoms with Crippen molar-refractivity contribution in [1.29, 1.82) is 0 Å². The van der Waals surface area contributed by atoms with Crippen LogP contribution < -0.4 is 0 Å². The van der Waals surface area contributed by atoms with Gasteiger partial charge >= 0.3 is 23.9 Å². The van der Waals surface area contributed by atoms with Crippen molar-refractivity contribution >= 4 is 35.4 Å². The van der Waals surface area contributed by atoms with E-state index < -0.39 is 48.3 Å². The van der Waals surface area contributed by atoms with Gasteiger partial charge in [0.1, 0.15) is 24.4 Å². The molecule has 0 aromatic carbocycles. The Morgan fingerprint density at radius 1 is 0.700 bits per heavy atom. The van der Waals surface area contributed by atoms with E-state index in [1.54, 1.807) is 0 Å². The molecule has 0 bridgehead atoms. The largest absolute Gasteiger partial charge is 0.390 e. The second kappa shape index (κ2) is 8.46. The second-order valence-corrected chi connectivity index (χ2v) is 3.68. The SMILES string of the molecule is CC(=O)CC(=O)OC(=O)C=CC(=O)OC(=O)CC(C)=O. The lowest BCUT2D eigenvalue weighted by Crippen LogP contribution is -2.15. The van der Waals surface area contributed by atoms with Gasteiger partial charge in [0, 0.05) is 12.2 Å². The fourth-order valence-electron chi connectivity index (χ4n) is 0.907. The van der Waals surface area contributed by atoms with Crippen LogP contribution in [0.5, 0.6) is 0 Å². The van der Waals surface area contributed by atoms with E-state index in [4.69, 9.17) is 0 Å². The van der Waals surface area contributed by atoms with Crippen molar-refractivity contribution in [3.05, 3.63) is 12.2 Å². The number of rotatable bonds is 6. The Hall–Kier alpha value is -2.64.